The number of nitrogens with one attached hydrogen (secondary N) is 2. The summed E-state index contributed by atoms with van der Waals surface area (Å²) < 4.78 is 27.0. The first-order valence-corrected chi connectivity index (χ1v) is 11.8. The van der Waals surface area contributed by atoms with Crippen LogP contribution >= 0.6 is 0 Å². The molecule has 0 aromatic heterocycles. The van der Waals surface area contributed by atoms with Crippen molar-refractivity contribution >= 4 is 27.5 Å². The van der Waals surface area contributed by atoms with Crippen LogP contribution in [0.3, 0.4) is 0 Å². The van der Waals surface area contributed by atoms with Crippen LogP contribution in [0.1, 0.15) is 24.0 Å². The van der Waals surface area contributed by atoms with Gasteiger partial charge in [0.25, 0.3) is 0 Å². The minimum atomic E-state index is -3.46. The Morgan fingerprint density at radius 1 is 1.00 bits per heavy atom. The molecule has 0 bridgehead atoms. The van der Waals surface area contributed by atoms with Gasteiger partial charge in [-0.05, 0) is 42.2 Å². The predicted molar refractivity (Wildman–Crippen MR) is 121 cm³/mol. The fourth-order valence-electron chi connectivity index (χ4n) is 3.51. The molecule has 1 aliphatic heterocycles. The van der Waals surface area contributed by atoms with Crippen LogP contribution in [-0.2, 0) is 31.8 Å². The normalized spacial score (nSPS) is 15.2. The smallest absolute Gasteiger partial charge is 0.243 e. The quantitative estimate of drug-likeness (QED) is 0.615. The Hall–Kier alpha value is -2.97. The van der Waals surface area contributed by atoms with E-state index in [9.17, 15) is 18.0 Å². The first kappa shape index (κ1) is 22.7. The summed E-state index contributed by atoms with van der Waals surface area (Å²) in [5.74, 6) is -0.468. The lowest BCUT2D eigenvalue weighted by molar-refractivity contribution is -0.117. The number of carbonyl (C=O) groups is 2. The van der Waals surface area contributed by atoms with E-state index in [4.69, 9.17) is 0 Å². The summed E-state index contributed by atoms with van der Waals surface area (Å²) >= 11 is 0. The van der Waals surface area contributed by atoms with E-state index in [1.165, 1.54) is 10.4 Å². The molecule has 2 N–H and O–H groups in total. The number of carbonyl (C=O) groups excluding carboxylic acids is 2. The lowest BCUT2D eigenvalue weighted by Gasteiger charge is -2.31. The van der Waals surface area contributed by atoms with Crippen LogP contribution in [-0.4, -0.2) is 43.7 Å². The van der Waals surface area contributed by atoms with Crippen molar-refractivity contribution in [1.82, 2.24) is 9.62 Å². The average Bonchev–Trinajstić information content (AvgIpc) is 2.76. The molecule has 1 fully saturated rings. The number of hydrogen-bond acceptors (Lipinski definition) is 4. The Morgan fingerprint density at radius 2 is 1.65 bits per heavy atom. The second-order valence-electron chi connectivity index (χ2n) is 7.55. The van der Waals surface area contributed by atoms with E-state index in [2.05, 4.69) is 17.2 Å². The molecule has 1 aliphatic rings. The van der Waals surface area contributed by atoms with Gasteiger partial charge in [-0.25, -0.2) is 12.7 Å². The molecule has 2 aromatic rings. The largest absolute Gasteiger partial charge is 0.350 e. The standard InChI is InChI=1S/C23H27N3O4S/c1-2-22(27)24-21-12-14-26(15-13-21)31(29,30)17-19-8-10-20(11-9-19)25-23(28)16-18-6-4-3-5-7-18/h2-11,21H,1,12-17H2,(H,24,27)(H,25,28). The Morgan fingerprint density at radius 3 is 2.26 bits per heavy atom. The van der Waals surface area contributed by atoms with Gasteiger partial charge in [0.2, 0.25) is 21.8 Å². The van der Waals surface area contributed by atoms with Crippen LogP contribution in [0.5, 0.6) is 0 Å². The van der Waals surface area contributed by atoms with Crippen LogP contribution < -0.4 is 10.6 Å². The fourth-order valence-corrected chi connectivity index (χ4v) is 5.07. The number of piperidine rings is 1. The minimum absolute atomic E-state index is 0.0317. The third-order valence-electron chi connectivity index (χ3n) is 5.17. The Balaban J connectivity index is 1.51. The Kier molecular flexibility index (Phi) is 7.59. The van der Waals surface area contributed by atoms with E-state index >= 15 is 0 Å². The molecular weight excluding hydrogens is 414 g/mol. The number of amides is 2. The number of sulfonamides is 1. The van der Waals surface area contributed by atoms with Crippen LogP contribution in [0, 0.1) is 0 Å². The topological polar surface area (TPSA) is 95.6 Å². The molecule has 164 valence electrons. The van der Waals surface area contributed by atoms with Gasteiger partial charge in [-0.1, -0.05) is 49.0 Å². The summed E-state index contributed by atoms with van der Waals surface area (Å²) in [6, 6.07) is 16.3. The van der Waals surface area contributed by atoms with Crippen molar-refractivity contribution in [1.29, 1.82) is 0 Å². The van der Waals surface area contributed by atoms with Crippen molar-refractivity contribution in [2.24, 2.45) is 0 Å². The molecule has 0 unspecified atom stereocenters. The summed E-state index contributed by atoms with van der Waals surface area (Å²) in [5.41, 5.74) is 2.21. The Labute approximate surface area is 183 Å². The number of rotatable bonds is 8. The molecule has 0 atom stereocenters. The second-order valence-corrected chi connectivity index (χ2v) is 9.52. The summed E-state index contributed by atoms with van der Waals surface area (Å²) in [4.78, 5) is 23.6. The third-order valence-corrected chi connectivity index (χ3v) is 7.02. The molecule has 0 saturated carbocycles. The monoisotopic (exact) mass is 441 g/mol. The highest BCUT2D eigenvalue weighted by Crippen LogP contribution is 2.19. The van der Waals surface area contributed by atoms with Gasteiger partial charge in [0, 0.05) is 24.8 Å². The molecule has 0 radical (unpaired) electrons. The average molecular weight is 442 g/mol. The molecule has 2 amide bonds. The summed E-state index contributed by atoms with van der Waals surface area (Å²) in [5, 5.41) is 5.64. The van der Waals surface area contributed by atoms with E-state index in [0.29, 0.717) is 37.2 Å². The van der Waals surface area contributed by atoms with E-state index < -0.39 is 10.0 Å². The van der Waals surface area contributed by atoms with E-state index in [-0.39, 0.29) is 30.0 Å². The van der Waals surface area contributed by atoms with E-state index in [1.807, 2.05) is 30.3 Å². The maximum atomic E-state index is 12.8. The van der Waals surface area contributed by atoms with Crippen molar-refractivity contribution < 1.29 is 18.0 Å². The molecule has 7 nitrogen and oxygen atoms in total. The lowest BCUT2D eigenvalue weighted by Crippen LogP contribution is -2.46. The SMILES string of the molecule is C=CC(=O)NC1CCN(S(=O)(=O)Cc2ccc(NC(=O)Cc3ccccc3)cc2)CC1. The first-order valence-electron chi connectivity index (χ1n) is 10.2. The van der Waals surface area contributed by atoms with Gasteiger partial charge in [0.15, 0.2) is 0 Å². The minimum Gasteiger partial charge on any atom is -0.350 e. The number of hydrogen-bond donors (Lipinski definition) is 2. The van der Waals surface area contributed by atoms with Crippen molar-refractivity contribution in [3.8, 4) is 0 Å². The molecule has 0 spiro atoms. The van der Waals surface area contributed by atoms with E-state index in [0.717, 1.165) is 5.56 Å². The van der Waals surface area contributed by atoms with Gasteiger partial charge in [-0.3, -0.25) is 9.59 Å². The van der Waals surface area contributed by atoms with Gasteiger partial charge in [0.1, 0.15) is 0 Å². The van der Waals surface area contributed by atoms with Crippen LogP contribution in [0.4, 0.5) is 5.69 Å². The van der Waals surface area contributed by atoms with Gasteiger partial charge in [0.05, 0.1) is 12.2 Å². The molecular formula is C23H27N3O4S. The van der Waals surface area contributed by atoms with Gasteiger partial charge in [-0.2, -0.15) is 0 Å². The fraction of sp³-hybridized carbons (Fsp3) is 0.304. The molecule has 8 heteroatoms. The zero-order valence-electron chi connectivity index (χ0n) is 17.3. The molecule has 0 aliphatic carbocycles. The van der Waals surface area contributed by atoms with Gasteiger partial charge >= 0.3 is 0 Å². The van der Waals surface area contributed by atoms with Crippen molar-refractivity contribution in [2.75, 3.05) is 18.4 Å². The van der Waals surface area contributed by atoms with Gasteiger partial charge in [-0.15, -0.1) is 0 Å². The lowest BCUT2D eigenvalue weighted by atomic mass is 10.1. The molecule has 3 rings (SSSR count). The third kappa shape index (κ3) is 6.77. The highest BCUT2D eigenvalue weighted by Gasteiger charge is 2.28. The van der Waals surface area contributed by atoms with Crippen LogP contribution in [0.2, 0.25) is 0 Å². The summed E-state index contributed by atoms with van der Waals surface area (Å²) in [7, 11) is -3.46. The highest BCUT2D eigenvalue weighted by molar-refractivity contribution is 7.88. The maximum Gasteiger partial charge on any atom is 0.243 e. The molecule has 2 aromatic carbocycles. The van der Waals surface area contributed by atoms with Crippen LogP contribution in [0.15, 0.2) is 67.3 Å². The number of nitrogens with zero attached hydrogens (tertiary/aromatic N) is 1. The van der Waals surface area contributed by atoms with E-state index in [1.54, 1.807) is 24.3 Å². The molecule has 31 heavy (non-hydrogen) atoms. The Bertz CT molecular complexity index is 1010. The highest BCUT2D eigenvalue weighted by atomic mass is 32.2. The van der Waals surface area contributed by atoms with Gasteiger partial charge < -0.3 is 10.6 Å². The zero-order valence-corrected chi connectivity index (χ0v) is 18.1. The summed E-state index contributed by atoms with van der Waals surface area (Å²) in [6.07, 6.45) is 2.65. The number of anilines is 1. The zero-order chi connectivity index (χ0) is 22.3. The molecule has 1 heterocycles. The second kappa shape index (κ2) is 10.4. The van der Waals surface area contributed by atoms with Crippen LogP contribution in [0.25, 0.3) is 0 Å². The van der Waals surface area contributed by atoms with Crippen molar-refractivity contribution in [3.05, 3.63) is 78.4 Å². The van der Waals surface area contributed by atoms with Crippen molar-refractivity contribution in [2.45, 2.75) is 31.1 Å². The summed E-state index contributed by atoms with van der Waals surface area (Å²) in [6.45, 7) is 4.17. The molecule has 1 saturated heterocycles. The number of benzene rings is 2. The van der Waals surface area contributed by atoms with Crippen molar-refractivity contribution in [3.63, 3.8) is 0 Å². The first-order chi connectivity index (χ1) is 14.9. The predicted octanol–water partition coefficient (Wildman–Crippen LogP) is 2.46. The maximum absolute atomic E-state index is 12.8.